The van der Waals surface area contributed by atoms with Crippen LogP contribution in [0.1, 0.15) is 58.3 Å². The third-order valence-electron chi connectivity index (χ3n) is 3.14. The first-order chi connectivity index (χ1) is 12.3. The molecule has 0 atom stereocenters. The van der Waals surface area contributed by atoms with Gasteiger partial charge in [-0.25, -0.2) is 0 Å². The lowest BCUT2D eigenvalue weighted by molar-refractivity contribution is -0.140. The highest BCUT2D eigenvalue weighted by molar-refractivity contribution is 5.69. The van der Waals surface area contributed by atoms with Crippen molar-refractivity contribution in [1.29, 1.82) is 0 Å². The van der Waals surface area contributed by atoms with Gasteiger partial charge in [-0.05, 0) is 44.9 Å². The average Bonchev–Trinajstić information content (AvgIpc) is 2.65. The van der Waals surface area contributed by atoms with Crippen LogP contribution in [0.5, 0.6) is 0 Å². The number of allylic oxidation sites excluding steroid dienone is 10. The van der Waals surface area contributed by atoms with Gasteiger partial charge in [0, 0.05) is 6.42 Å². The van der Waals surface area contributed by atoms with Gasteiger partial charge in [0.1, 0.15) is 0 Å². The van der Waals surface area contributed by atoms with Crippen molar-refractivity contribution in [1.82, 2.24) is 0 Å². The van der Waals surface area contributed by atoms with Crippen molar-refractivity contribution in [2.24, 2.45) is 0 Å². The first-order valence-electron chi connectivity index (χ1n) is 8.96. The van der Waals surface area contributed by atoms with Gasteiger partial charge in [-0.3, -0.25) is 4.79 Å². The van der Waals surface area contributed by atoms with Gasteiger partial charge < -0.3 is 4.74 Å². The number of hydrogen-bond donors (Lipinski definition) is 0. The molecule has 138 valence electrons. The zero-order valence-corrected chi connectivity index (χ0v) is 15.9. The fraction of sp³-hybridized carbons (Fsp3) is 0.435. The first kappa shape index (κ1) is 25.0. The largest absolute Gasteiger partial charge is 0.469 e. The summed E-state index contributed by atoms with van der Waals surface area (Å²) in [6.45, 7) is 2.15. The van der Waals surface area contributed by atoms with E-state index < -0.39 is 0 Å². The van der Waals surface area contributed by atoms with Gasteiger partial charge >= 0.3 is 5.97 Å². The summed E-state index contributed by atoms with van der Waals surface area (Å²) >= 11 is 0. The molecule has 0 bridgehead atoms. The fourth-order valence-electron chi connectivity index (χ4n) is 1.83. The summed E-state index contributed by atoms with van der Waals surface area (Å²) in [5, 5.41) is 0. The minimum atomic E-state index is -0.127. The topological polar surface area (TPSA) is 26.3 Å². The lowest BCUT2D eigenvalue weighted by Gasteiger charge is -1.95. The van der Waals surface area contributed by atoms with Crippen LogP contribution < -0.4 is 0 Å². The van der Waals surface area contributed by atoms with Crippen molar-refractivity contribution >= 4 is 5.97 Å². The average molecular weight is 343 g/mol. The molecule has 25 heavy (non-hydrogen) atoms. The lowest BCUT2D eigenvalue weighted by atomic mass is 10.2. The van der Waals surface area contributed by atoms with E-state index in [1.807, 2.05) is 0 Å². The summed E-state index contributed by atoms with van der Waals surface area (Å²) in [4.78, 5) is 10.9. The maximum atomic E-state index is 10.9. The smallest absolute Gasteiger partial charge is 0.305 e. The predicted molar refractivity (Wildman–Crippen MR) is 110 cm³/mol. The summed E-state index contributed by atoms with van der Waals surface area (Å²) in [6.07, 6.45) is 37.2. The van der Waals surface area contributed by atoms with Crippen molar-refractivity contribution in [2.75, 3.05) is 7.11 Å². The third kappa shape index (κ3) is 24.1. The van der Waals surface area contributed by atoms with E-state index in [0.29, 0.717) is 6.42 Å². The second-order valence-corrected chi connectivity index (χ2v) is 5.18. The third-order valence-corrected chi connectivity index (χ3v) is 3.14. The summed E-state index contributed by atoms with van der Waals surface area (Å²) in [5.41, 5.74) is 0. The van der Waals surface area contributed by atoms with E-state index in [-0.39, 0.29) is 5.97 Å². The second-order valence-electron chi connectivity index (χ2n) is 5.18. The van der Waals surface area contributed by atoms with Crippen molar-refractivity contribution < 1.29 is 9.53 Å². The van der Waals surface area contributed by atoms with E-state index >= 15 is 0 Å². The van der Waals surface area contributed by atoms with Crippen LogP contribution in [0.25, 0.3) is 0 Å². The molecular formula is C23H34O2. The van der Waals surface area contributed by atoms with Gasteiger partial charge in [0.15, 0.2) is 0 Å². The zero-order chi connectivity index (χ0) is 19.0. The van der Waals surface area contributed by atoms with Crippen LogP contribution in [0.4, 0.5) is 0 Å². The van der Waals surface area contributed by atoms with Crippen LogP contribution in [0.2, 0.25) is 0 Å². The lowest BCUT2D eigenvalue weighted by Crippen LogP contribution is -1.98. The van der Waals surface area contributed by atoms with E-state index in [0.717, 1.165) is 44.9 Å². The number of carbonyl (C=O) groups excluding carboxylic acids is 1. The molecule has 0 saturated heterocycles. The Morgan fingerprint density at radius 1 is 0.760 bits per heavy atom. The number of hydrogen-bond acceptors (Lipinski definition) is 2. The molecule has 0 aliphatic carbocycles. The molecule has 0 aliphatic rings. The second kappa shape index (κ2) is 24.0. The molecule has 0 fully saturated rings. The molecule has 0 aromatic rings. The number of ether oxygens (including phenoxy) is 1. The van der Waals surface area contributed by atoms with Gasteiger partial charge in [0.05, 0.1) is 7.11 Å². The van der Waals surface area contributed by atoms with Gasteiger partial charge in [0.25, 0.3) is 0 Å². The van der Waals surface area contributed by atoms with Gasteiger partial charge in [-0.1, -0.05) is 67.7 Å². The number of unbranched alkanes of at least 4 members (excludes halogenated alkanes) is 1. The fourth-order valence-corrected chi connectivity index (χ4v) is 1.83. The number of esters is 1. The quantitative estimate of drug-likeness (QED) is 0.169. The molecule has 0 radical (unpaired) electrons. The van der Waals surface area contributed by atoms with Gasteiger partial charge in [-0.2, -0.15) is 0 Å². The summed E-state index contributed by atoms with van der Waals surface area (Å²) in [7, 11) is 1.43. The standard InChI is InChI=1S/C21H32O2.C2H2/c1-3-4-5-6-7-8-9-10-11-12-13-14-15-16-17-18-19-20-21(22)23-2;1-2/h4-5,7-8,10-11,13-14,16-17H,3,6,9,12,15,18-20H2,1-2H3;1-2H/b5-4-,8-7-,11-10-,14-13-,17-16-;. The Hall–Kier alpha value is -2.27. The summed E-state index contributed by atoms with van der Waals surface area (Å²) < 4.78 is 4.59. The maximum Gasteiger partial charge on any atom is 0.305 e. The van der Waals surface area contributed by atoms with Crippen LogP contribution in [0.15, 0.2) is 60.8 Å². The molecule has 2 nitrogen and oxygen atoms in total. The monoisotopic (exact) mass is 342 g/mol. The van der Waals surface area contributed by atoms with Crippen molar-refractivity contribution in [3.05, 3.63) is 60.8 Å². The van der Waals surface area contributed by atoms with Crippen LogP contribution >= 0.6 is 0 Å². The molecule has 0 N–H and O–H groups in total. The number of methoxy groups -OCH3 is 1. The van der Waals surface area contributed by atoms with Crippen molar-refractivity contribution in [3.8, 4) is 12.8 Å². The Bertz CT molecular complexity index is 448. The van der Waals surface area contributed by atoms with E-state index in [2.05, 4.69) is 85.3 Å². The summed E-state index contributed by atoms with van der Waals surface area (Å²) in [5.74, 6) is -0.127. The Morgan fingerprint density at radius 3 is 1.56 bits per heavy atom. The van der Waals surface area contributed by atoms with E-state index in [4.69, 9.17) is 0 Å². The molecule has 2 heteroatoms. The molecule has 0 saturated carbocycles. The van der Waals surface area contributed by atoms with E-state index in [9.17, 15) is 4.79 Å². The summed E-state index contributed by atoms with van der Waals surface area (Å²) in [6, 6.07) is 0. The minimum absolute atomic E-state index is 0.127. The molecule has 0 amide bonds. The molecule has 0 aromatic carbocycles. The highest BCUT2D eigenvalue weighted by Gasteiger charge is 1.96. The highest BCUT2D eigenvalue weighted by atomic mass is 16.5. The first-order valence-corrected chi connectivity index (χ1v) is 8.96. The molecule has 0 aromatic heterocycles. The SMILES string of the molecule is C#C.CC/C=C\C/C=C\C/C=C\C/C=C\C/C=C\CCCC(=O)OC. The number of rotatable bonds is 13. The number of carbonyl (C=O) groups is 1. The minimum Gasteiger partial charge on any atom is -0.469 e. The highest BCUT2D eigenvalue weighted by Crippen LogP contribution is 2.00. The Morgan fingerprint density at radius 2 is 1.16 bits per heavy atom. The van der Waals surface area contributed by atoms with Crippen molar-refractivity contribution in [2.45, 2.75) is 58.3 Å². The van der Waals surface area contributed by atoms with Gasteiger partial charge in [-0.15, -0.1) is 12.8 Å². The Kier molecular flexibility index (Phi) is 24.0. The van der Waals surface area contributed by atoms with Crippen LogP contribution in [0, 0.1) is 12.8 Å². The molecule has 0 aliphatic heterocycles. The molecule has 0 unspecified atom stereocenters. The van der Waals surface area contributed by atoms with Gasteiger partial charge in [0.2, 0.25) is 0 Å². The van der Waals surface area contributed by atoms with Crippen LogP contribution in [-0.4, -0.2) is 13.1 Å². The Labute approximate surface area is 155 Å². The molecule has 0 rings (SSSR count). The van der Waals surface area contributed by atoms with Crippen molar-refractivity contribution in [3.63, 3.8) is 0 Å². The molecular weight excluding hydrogens is 308 g/mol. The van der Waals surface area contributed by atoms with E-state index in [1.54, 1.807) is 0 Å². The Balaban J connectivity index is 0. The van der Waals surface area contributed by atoms with Crippen LogP contribution in [0.3, 0.4) is 0 Å². The molecule has 0 spiro atoms. The zero-order valence-electron chi connectivity index (χ0n) is 15.9. The number of terminal acetylenes is 1. The van der Waals surface area contributed by atoms with E-state index in [1.165, 1.54) is 7.11 Å². The predicted octanol–water partition coefficient (Wildman–Crippen LogP) is 6.33. The maximum absolute atomic E-state index is 10.9. The normalized spacial score (nSPS) is 11.7. The molecule has 0 heterocycles. The van der Waals surface area contributed by atoms with Crippen LogP contribution in [-0.2, 0) is 9.53 Å².